The zero-order valence-electron chi connectivity index (χ0n) is 10.3. The summed E-state index contributed by atoms with van der Waals surface area (Å²) in [5.41, 5.74) is 8.03. The maximum absolute atomic E-state index is 11.4. The van der Waals surface area contributed by atoms with E-state index in [1.807, 2.05) is 25.1 Å². The van der Waals surface area contributed by atoms with Gasteiger partial charge in [0, 0.05) is 11.7 Å². The van der Waals surface area contributed by atoms with Crippen LogP contribution < -0.4 is 11.1 Å². The number of amides is 1. The molecule has 17 heavy (non-hydrogen) atoms. The number of hydrogen-bond donors (Lipinski definition) is 2. The Balaban J connectivity index is 2.17. The van der Waals surface area contributed by atoms with Crippen molar-refractivity contribution in [3.05, 3.63) is 29.3 Å². The van der Waals surface area contributed by atoms with E-state index in [9.17, 15) is 4.79 Å². The highest BCUT2D eigenvalue weighted by Gasteiger charge is 2.16. The first-order chi connectivity index (χ1) is 8.16. The summed E-state index contributed by atoms with van der Waals surface area (Å²) < 4.78 is 0. The van der Waals surface area contributed by atoms with E-state index >= 15 is 0 Å². The largest absolute Gasteiger partial charge is 0.382 e. The predicted molar refractivity (Wildman–Crippen MR) is 70.2 cm³/mol. The standard InChI is InChI=1S/C14H20N2O/c1-10-7-8-12(14(15)17)13(9-10)16-11-5-3-2-4-6-11/h7-9,11,16H,2-6H2,1H3,(H2,15,17). The zero-order valence-corrected chi connectivity index (χ0v) is 10.3. The third-order valence-electron chi connectivity index (χ3n) is 3.41. The number of rotatable bonds is 3. The Labute approximate surface area is 102 Å². The molecule has 1 amide bonds. The number of nitrogens with two attached hydrogens (primary N) is 1. The molecule has 0 spiro atoms. The number of aryl methyl sites for hydroxylation is 1. The lowest BCUT2D eigenvalue weighted by molar-refractivity contribution is 0.100. The first-order valence-electron chi connectivity index (χ1n) is 6.34. The molecule has 3 nitrogen and oxygen atoms in total. The van der Waals surface area contributed by atoms with Crippen LogP contribution in [0, 0.1) is 6.92 Å². The van der Waals surface area contributed by atoms with Gasteiger partial charge in [-0.1, -0.05) is 25.3 Å². The van der Waals surface area contributed by atoms with E-state index in [-0.39, 0.29) is 5.91 Å². The highest BCUT2D eigenvalue weighted by Crippen LogP contribution is 2.24. The van der Waals surface area contributed by atoms with E-state index in [1.54, 1.807) is 0 Å². The Morgan fingerprint density at radius 1 is 1.29 bits per heavy atom. The smallest absolute Gasteiger partial charge is 0.250 e. The fourth-order valence-electron chi connectivity index (χ4n) is 2.46. The molecule has 1 aliphatic carbocycles. The highest BCUT2D eigenvalue weighted by molar-refractivity contribution is 5.98. The number of benzene rings is 1. The lowest BCUT2D eigenvalue weighted by atomic mass is 9.95. The fourth-order valence-corrected chi connectivity index (χ4v) is 2.46. The Hall–Kier alpha value is -1.51. The molecular formula is C14H20N2O. The van der Waals surface area contributed by atoms with E-state index in [0.717, 1.165) is 11.3 Å². The second kappa shape index (κ2) is 5.21. The molecule has 0 atom stereocenters. The lowest BCUT2D eigenvalue weighted by Crippen LogP contribution is -2.24. The molecule has 0 aliphatic heterocycles. The maximum Gasteiger partial charge on any atom is 0.250 e. The third kappa shape index (κ3) is 2.99. The molecule has 0 bridgehead atoms. The molecule has 92 valence electrons. The summed E-state index contributed by atoms with van der Waals surface area (Å²) in [6.07, 6.45) is 6.25. The lowest BCUT2D eigenvalue weighted by Gasteiger charge is -2.25. The average molecular weight is 232 g/mol. The van der Waals surface area contributed by atoms with Crippen LogP contribution in [-0.4, -0.2) is 11.9 Å². The topological polar surface area (TPSA) is 55.1 Å². The molecule has 0 aromatic heterocycles. The van der Waals surface area contributed by atoms with Crippen molar-refractivity contribution < 1.29 is 4.79 Å². The number of anilines is 1. The number of nitrogens with one attached hydrogen (secondary N) is 1. The van der Waals surface area contributed by atoms with E-state index in [0.29, 0.717) is 11.6 Å². The van der Waals surface area contributed by atoms with Crippen molar-refractivity contribution in [2.24, 2.45) is 5.73 Å². The van der Waals surface area contributed by atoms with Crippen molar-refractivity contribution in [2.45, 2.75) is 45.1 Å². The van der Waals surface area contributed by atoms with Crippen LogP contribution in [0.25, 0.3) is 0 Å². The van der Waals surface area contributed by atoms with Crippen LogP contribution in [0.15, 0.2) is 18.2 Å². The van der Waals surface area contributed by atoms with Gasteiger partial charge < -0.3 is 11.1 Å². The monoisotopic (exact) mass is 232 g/mol. The van der Waals surface area contributed by atoms with Crippen LogP contribution in [0.5, 0.6) is 0 Å². The Bertz CT molecular complexity index is 409. The van der Waals surface area contributed by atoms with Crippen LogP contribution in [-0.2, 0) is 0 Å². The minimum absolute atomic E-state index is 0.358. The van der Waals surface area contributed by atoms with E-state index in [4.69, 9.17) is 5.73 Å². The third-order valence-corrected chi connectivity index (χ3v) is 3.41. The molecule has 2 rings (SSSR count). The minimum atomic E-state index is -0.358. The number of primary amides is 1. The van der Waals surface area contributed by atoms with Gasteiger partial charge in [0.1, 0.15) is 0 Å². The van der Waals surface area contributed by atoms with Crippen molar-refractivity contribution in [1.29, 1.82) is 0 Å². The fraction of sp³-hybridized carbons (Fsp3) is 0.500. The molecule has 0 radical (unpaired) electrons. The molecule has 0 unspecified atom stereocenters. The van der Waals surface area contributed by atoms with Crippen molar-refractivity contribution in [3.63, 3.8) is 0 Å². The summed E-state index contributed by atoms with van der Waals surface area (Å²) >= 11 is 0. The van der Waals surface area contributed by atoms with E-state index in [2.05, 4.69) is 5.32 Å². The predicted octanol–water partition coefficient (Wildman–Crippen LogP) is 2.84. The zero-order chi connectivity index (χ0) is 12.3. The van der Waals surface area contributed by atoms with Gasteiger partial charge in [-0.15, -0.1) is 0 Å². The second-order valence-electron chi connectivity index (χ2n) is 4.89. The Kier molecular flexibility index (Phi) is 3.67. The Morgan fingerprint density at radius 3 is 2.65 bits per heavy atom. The molecule has 0 saturated heterocycles. The minimum Gasteiger partial charge on any atom is -0.382 e. The Morgan fingerprint density at radius 2 is 2.00 bits per heavy atom. The normalized spacial score (nSPS) is 16.8. The SMILES string of the molecule is Cc1ccc(C(N)=O)c(NC2CCCCC2)c1. The van der Waals surface area contributed by atoms with Crippen molar-refractivity contribution in [1.82, 2.24) is 0 Å². The first kappa shape index (κ1) is 12.0. The van der Waals surface area contributed by atoms with E-state index in [1.165, 1.54) is 32.1 Å². The maximum atomic E-state index is 11.4. The summed E-state index contributed by atoms with van der Waals surface area (Å²) in [5.74, 6) is -0.358. The molecule has 1 fully saturated rings. The van der Waals surface area contributed by atoms with Crippen molar-refractivity contribution in [2.75, 3.05) is 5.32 Å². The molecule has 1 saturated carbocycles. The van der Waals surface area contributed by atoms with Gasteiger partial charge in [0.2, 0.25) is 0 Å². The molecule has 3 N–H and O–H groups in total. The molecular weight excluding hydrogens is 212 g/mol. The molecule has 1 aromatic carbocycles. The van der Waals surface area contributed by atoms with Crippen LogP contribution >= 0.6 is 0 Å². The van der Waals surface area contributed by atoms with E-state index < -0.39 is 0 Å². The van der Waals surface area contributed by atoms with Gasteiger partial charge in [-0.25, -0.2) is 0 Å². The number of carbonyl (C=O) groups excluding carboxylic acids is 1. The summed E-state index contributed by atoms with van der Waals surface area (Å²) in [4.78, 5) is 11.4. The van der Waals surface area contributed by atoms with Gasteiger partial charge in [0.15, 0.2) is 0 Å². The molecule has 0 heterocycles. The molecule has 3 heteroatoms. The summed E-state index contributed by atoms with van der Waals surface area (Å²) in [7, 11) is 0. The van der Waals surface area contributed by atoms with Gasteiger partial charge >= 0.3 is 0 Å². The molecule has 1 aromatic rings. The van der Waals surface area contributed by atoms with Crippen molar-refractivity contribution >= 4 is 11.6 Å². The van der Waals surface area contributed by atoms with Gasteiger partial charge in [0.25, 0.3) is 5.91 Å². The quantitative estimate of drug-likeness (QED) is 0.842. The van der Waals surface area contributed by atoms with Crippen LogP contribution in [0.3, 0.4) is 0 Å². The molecule has 1 aliphatic rings. The highest BCUT2D eigenvalue weighted by atomic mass is 16.1. The number of carbonyl (C=O) groups is 1. The van der Waals surface area contributed by atoms with Crippen molar-refractivity contribution in [3.8, 4) is 0 Å². The van der Waals surface area contributed by atoms with Gasteiger partial charge in [-0.05, 0) is 37.5 Å². The summed E-state index contributed by atoms with van der Waals surface area (Å²) in [6, 6.07) is 6.23. The number of hydrogen-bond acceptors (Lipinski definition) is 2. The summed E-state index contributed by atoms with van der Waals surface area (Å²) in [6.45, 7) is 2.02. The van der Waals surface area contributed by atoms with Crippen LogP contribution in [0.2, 0.25) is 0 Å². The van der Waals surface area contributed by atoms with Gasteiger partial charge in [-0.3, -0.25) is 4.79 Å². The van der Waals surface area contributed by atoms with Gasteiger partial charge in [-0.2, -0.15) is 0 Å². The average Bonchev–Trinajstić information content (AvgIpc) is 2.30. The first-order valence-corrected chi connectivity index (χ1v) is 6.34. The summed E-state index contributed by atoms with van der Waals surface area (Å²) in [5, 5.41) is 3.47. The second-order valence-corrected chi connectivity index (χ2v) is 4.89. The van der Waals surface area contributed by atoms with Crippen LogP contribution in [0.1, 0.15) is 48.0 Å². The van der Waals surface area contributed by atoms with Gasteiger partial charge in [0.05, 0.1) is 5.56 Å². The van der Waals surface area contributed by atoms with Crippen LogP contribution in [0.4, 0.5) is 5.69 Å².